The van der Waals surface area contributed by atoms with Gasteiger partial charge in [0.2, 0.25) is 10.0 Å². The first-order valence-corrected chi connectivity index (χ1v) is 11.2. The highest BCUT2D eigenvalue weighted by Crippen LogP contribution is 2.41. The Morgan fingerprint density at radius 3 is 2.50 bits per heavy atom. The first kappa shape index (κ1) is 24.1. The Morgan fingerprint density at radius 2 is 1.91 bits per heavy atom. The second-order valence-corrected chi connectivity index (χ2v) is 9.64. The zero-order chi connectivity index (χ0) is 23.7. The highest BCUT2D eigenvalue weighted by atomic mass is 32.2. The van der Waals surface area contributed by atoms with Crippen LogP contribution in [0.5, 0.6) is 0 Å². The van der Waals surface area contributed by atoms with Crippen LogP contribution in [0.1, 0.15) is 34.3 Å². The fourth-order valence-corrected chi connectivity index (χ4v) is 4.91. The van der Waals surface area contributed by atoms with E-state index >= 15 is 0 Å². The van der Waals surface area contributed by atoms with Gasteiger partial charge in [-0.15, -0.1) is 0 Å². The maximum atomic E-state index is 13.4. The van der Waals surface area contributed by atoms with Gasteiger partial charge in [-0.25, -0.2) is 30.7 Å². The highest BCUT2D eigenvalue weighted by molar-refractivity contribution is 7.89. The van der Waals surface area contributed by atoms with Crippen LogP contribution in [-0.2, 0) is 16.7 Å². The smallest absolute Gasteiger partial charge is 0.266 e. The second kappa shape index (κ2) is 9.16. The molecule has 0 heterocycles. The SMILES string of the molecule is Cc1cc(NC(=O)c2ccc(CF)c(S(=O)(=O)NCC3CC(O)(C(F)F)C3)c2)ccc1F. The van der Waals surface area contributed by atoms with Gasteiger partial charge in [0.05, 0.1) is 4.90 Å². The van der Waals surface area contributed by atoms with Gasteiger partial charge in [0.25, 0.3) is 12.3 Å². The normalized spacial score (nSPS) is 20.8. The third-order valence-electron chi connectivity index (χ3n) is 5.43. The van der Waals surface area contributed by atoms with E-state index in [1.165, 1.54) is 31.2 Å². The molecule has 1 saturated carbocycles. The topological polar surface area (TPSA) is 95.5 Å². The average Bonchev–Trinajstić information content (AvgIpc) is 2.72. The number of benzene rings is 2. The van der Waals surface area contributed by atoms with E-state index in [0.717, 1.165) is 12.1 Å². The first-order chi connectivity index (χ1) is 14.9. The number of amides is 1. The minimum Gasteiger partial charge on any atom is -0.384 e. The molecule has 1 amide bonds. The lowest BCUT2D eigenvalue weighted by atomic mass is 9.71. The Labute approximate surface area is 182 Å². The molecule has 3 rings (SSSR count). The number of anilines is 1. The number of aliphatic hydroxyl groups is 1. The standard InChI is InChI=1S/C21H22F4N2O4S/c1-12-6-16(4-5-17(12)23)27-19(28)14-2-3-15(10-22)18(7-14)32(30,31)26-11-13-8-21(29,9-13)20(24)25/h2-7,13,20,26,29H,8-11H2,1H3,(H,27,28). The highest BCUT2D eigenvalue weighted by Gasteiger charge is 2.49. The third kappa shape index (κ3) is 5.11. The van der Waals surface area contributed by atoms with Crippen LogP contribution >= 0.6 is 0 Å². The summed E-state index contributed by atoms with van der Waals surface area (Å²) in [6.45, 7) is 0.194. The van der Waals surface area contributed by atoms with Gasteiger partial charge in [0.1, 0.15) is 18.1 Å². The number of carbonyl (C=O) groups excluding carboxylic acids is 1. The summed E-state index contributed by atoms with van der Waals surface area (Å²) in [6.07, 6.45) is -3.45. The molecule has 0 aliphatic heterocycles. The quantitative estimate of drug-likeness (QED) is 0.510. The number of alkyl halides is 3. The number of aryl methyl sites for hydroxylation is 1. The van der Waals surface area contributed by atoms with Crippen molar-refractivity contribution in [3.63, 3.8) is 0 Å². The maximum Gasteiger partial charge on any atom is 0.266 e. The molecule has 0 atom stereocenters. The van der Waals surface area contributed by atoms with E-state index < -0.39 is 51.3 Å². The molecule has 32 heavy (non-hydrogen) atoms. The van der Waals surface area contributed by atoms with Crippen LogP contribution in [0.3, 0.4) is 0 Å². The van der Waals surface area contributed by atoms with Gasteiger partial charge in [0, 0.05) is 23.4 Å². The Bertz CT molecular complexity index is 1120. The van der Waals surface area contributed by atoms with Crippen molar-refractivity contribution in [3.8, 4) is 0 Å². The molecule has 1 aliphatic rings. The zero-order valence-electron chi connectivity index (χ0n) is 17.0. The predicted molar refractivity (Wildman–Crippen MR) is 109 cm³/mol. The van der Waals surface area contributed by atoms with Crippen LogP contribution in [0.4, 0.5) is 23.2 Å². The Kier molecular flexibility index (Phi) is 6.91. The molecule has 1 aliphatic carbocycles. The van der Waals surface area contributed by atoms with Gasteiger partial charge < -0.3 is 10.4 Å². The number of halogens is 4. The molecular weight excluding hydrogens is 452 g/mol. The minimum atomic E-state index is -4.26. The van der Waals surface area contributed by atoms with E-state index in [4.69, 9.17) is 0 Å². The van der Waals surface area contributed by atoms with Crippen molar-refractivity contribution in [1.82, 2.24) is 4.72 Å². The summed E-state index contributed by atoms with van der Waals surface area (Å²) < 4.78 is 79.9. The molecule has 1 fully saturated rings. The molecule has 0 bridgehead atoms. The summed E-state index contributed by atoms with van der Waals surface area (Å²) in [4.78, 5) is 12.1. The fourth-order valence-electron chi connectivity index (χ4n) is 3.55. The van der Waals surface area contributed by atoms with E-state index in [0.29, 0.717) is 11.3 Å². The average molecular weight is 474 g/mol. The van der Waals surface area contributed by atoms with Crippen LogP contribution in [0.15, 0.2) is 41.3 Å². The van der Waals surface area contributed by atoms with Gasteiger partial charge in [-0.3, -0.25) is 4.79 Å². The van der Waals surface area contributed by atoms with Crippen molar-refractivity contribution in [2.75, 3.05) is 11.9 Å². The van der Waals surface area contributed by atoms with E-state index in [2.05, 4.69) is 10.0 Å². The van der Waals surface area contributed by atoms with Crippen LogP contribution in [0.2, 0.25) is 0 Å². The van der Waals surface area contributed by atoms with E-state index in [-0.39, 0.29) is 30.5 Å². The second-order valence-electron chi connectivity index (χ2n) is 7.90. The Morgan fingerprint density at radius 1 is 1.22 bits per heavy atom. The third-order valence-corrected chi connectivity index (χ3v) is 6.94. The lowest BCUT2D eigenvalue weighted by Crippen LogP contribution is -2.52. The monoisotopic (exact) mass is 474 g/mol. The summed E-state index contributed by atoms with van der Waals surface area (Å²) in [5.41, 5.74) is -1.76. The molecule has 174 valence electrons. The minimum absolute atomic E-state index is 0.0692. The van der Waals surface area contributed by atoms with Crippen molar-refractivity contribution in [3.05, 3.63) is 58.9 Å². The van der Waals surface area contributed by atoms with Gasteiger partial charge in [-0.05, 0) is 61.6 Å². The van der Waals surface area contributed by atoms with E-state index in [9.17, 15) is 35.9 Å². The lowest BCUT2D eigenvalue weighted by molar-refractivity contribution is -0.166. The number of carbonyl (C=O) groups is 1. The molecule has 0 aromatic heterocycles. The van der Waals surface area contributed by atoms with Crippen LogP contribution in [-0.4, -0.2) is 38.0 Å². The van der Waals surface area contributed by atoms with Gasteiger partial charge in [-0.1, -0.05) is 6.07 Å². The van der Waals surface area contributed by atoms with Gasteiger partial charge >= 0.3 is 0 Å². The summed E-state index contributed by atoms with van der Waals surface area (Å²) in [6, 6.07) is 7.36. The summed E-state index contributed by atoms with van der Waals surface area (Å²) >= 11 is 0. The number of rotatable bonds is 8. The van der Waals surface area contributed by atoms with E-state index in [1.807, 2.05) is 0 Å². The largest absolute Gasteiger partial charge is 0.384 e. The maximum absolute atomic E-state index is 13.4. The summed E-state index contributed by atoms with van der Waals surface area (Å²) in [7, 11) is -4.26. The molecular formula is C21H22F4N2O4S. The van der Waals surface area contributed by atoms with Gasteiger partial charge in [-0.2, -0.15) is 0 Å². The van der Waals surface area contributed by atoms with Crippen molar-refractivity contribution in [1.29, 1.82) is 0 Å². The summed E-state index contributed by atoms with van der Waals surface area (Å²) in [5, 5.41) is 12.1. The van der Waals surface area contributed by atoms with E-state index in [1.54, 1.807) is 0 Å². The molecule has 2 aromatic carbocycles. The van der Waals surface area contributed by atoms with Crippen LogP contribution < -0.4 is 10.0 Å². The van der Waals surface area contributed by atoms with Crippen molar-refractivity contribution in [2.24, 2.45) is 5.92 Å². The number of hydrogen-bond acceptors (Lipinski definition) is 4. The van der Waals surface area contributed by atoms with Crippen molar-refractivity contribution in [2.45, 2.75) is 43.4 Å². The molecule has 11 heteroatoms. The van der Waals surface area contributed by atoms with Gasteiger partial charge in [0.15, 0.2) is 0 Å². The molecule has 3 N–H and O–H groups in total. The molecule has 0 spiro atoms. The molecule has 6 nitrogen and oxygen atoms in total. The predicted octanol–water partition coefficient (Wildman–Crippen LogP) is 3.54. The van der Waals surface area contributed by atoms with Crippen LogP contribution in [0, 0.1) is 18.7 Å². The Hall–Kier alpha value is -2.50. The number of hydrogen-bond donors (Lipinski definition) is 3. The molecule has 0 radical (unpaired) electrons. The summed E-state index contributed by atoms with van der Waals surface area (Å²) in [5.74, 6) is -1.63. The first-order valence-electron chi connectivity index (χ1n) is 9.72. The van der Waals surface area contributed by atoms with Crippen LogP contribution in [0.25, 0.3) is 0 Å². The fraction of sp³-hybridized carbons (Fsp3) is 0.381. The van der Waals surface area contributed by atoms with Crippen molar-refractivity contribution >= 4 is 21.6 Å². The molecule has 0 saturated heterocycles. The number of sulfonamides is 1. The zero-order valence-corrected chi connectivity index (χ0v) is 17.9. The molecule has 0 unspecified atom stereocenters. The van der Waals surface area contributed by atoms with Crippen molar-refractivity contribution < 1.29 is 35.9 Å². The molecule has 2 aromatic rings. The Balaban J connectivity index is 1.75. The lowest BCUT2D eigenvalue weighted by Gasteiger charge is -2.42. The number of nitrogens with one attached hydrogen (secondary N) is 2.